The number of rotatable bonds is 1. The SMILES string of the molecule is C1CCC(C2CCCC2)OC1. The Kier molecular flexibility index (Phi) is 2.47. The zero-order chi connectivity index (χ0) is 7.52. The molecule has 1 atom stereocenters. The van der Waals surface area contributed by atoms with Gasteiger partial charge in [0.2, 0.25) is 0 Å². The van der Waals surface area contributed by atoms with Gasteiger partial charge in [-0.15, -0.1) is 0 Å². The third kappa shape index (κ3) is 1.76. The molecule has 0 aromatic carbocycles. The molecule has 1 saturated heterocycles. The van der Waals surface area contributed by atoms with Crippen molar-refractivity contribution >= 4 is 0 Å². The summed E-state index contributed by atoms with van der Waals surface area (Å²) in [6.07, 6.45) is 10.4. The van der Waals surface area contributed by atoms with E-state index in [2.05, 4.69) is 0 Å². The summed E-state index contributed by atoms with van der Waals surface area (Å²) in [5, 5.41) is 0. The molecular weight excluding hydrogens is 136 g/mol. The molecule has 0 bridgehead atoms. The second-order valence-corrected chi connectivity index (χ2v) is 3.95. The van der Waals surface area contributed by atoms with Gasteiger partial charge in [0.1, 0.15) is 0 Å². The maximum absolute atomic E-state index is 5.76. The zero-order valence-electron chi connectivity index (χ0n) is 7.22. The van der Waals surface area contributed by atoms with E-state index in [1.54, 1.807) is 0 Å². The summed E-state index contributed by atoms with van der Waals surface area (Å²) in [5.74, 6) is 0.926. The van der Waals surface area contributed by atoms with Gasteiger partial charge in [-0.05, 0) is 38.0 Å². The Hall–Kier alpha value is -0.0400. The normalized spacial score (nSPS) is 34.4. The molecule has 1 heterocycles. The first-order valence-electron chi connectivity index (χ1n) is 5.08. The van der Waals surface area contributed by atoms with E-state index in [-0.39, 0.29) is 0 Å². The molecule has 0 spiro atoms. The topological polar surface area (TPSA) is 9.23 Å². The molecule has 1 aliphatic heterocycles. The predicted octanol–water partition coefficient (Wildman–Crippen LogP) is 2.75. The summed E-state index contributed by atoms with van der Waals surface area (Å²) in [5.41, 5.74) is 0. The summed E-state index contributed by atoms with van der Waals surface area (Å²) in [6, 6.07) is 0. The van der Waals surface area contributed by atoms with Crippen molar-refractivity contribution in [3.05, 3.63) is 0 Å². The molecular formula is C10H18O. The van der Waals surface area contributed by atoms with E-state index in [0.717, 1.165) is 12.5 Å². The van der Waals surface area contributed by atoms with E-state index in [0.29, 0.717) is 6.10 Å². The molecule has 1 saturated carbocycles. The third-order valence-corrected chi connectivity index (χ3v) is 3.14. The molecule has 1 nitrogen and oxygen atoms in total. The molecule has 0 radical (unpaired) electrons. The Bertz CT molecular complexity index is 110. The molecule has 1 aliphatic carbocycles. The van der Waals surface area contributed by atoms with Gasteiger partial charge in [0.15, 0.2) is 0 Å². The summed E-state index contributed by atoms with van der Waals surface area (Å²) in [6.45, 7) is 1.03. The van der Waals surface area contributed by atoms with E-state index in [1.165, 1.54) is 44.9 Å². The van der Waals surface area contributed by atoms with Gasteiger partial charge in [0.05, 0.1) is 6.10 Å². The molecule has 1 unspecified atom stereocenters. The van der Waals surface area contributed by atoms with Crippen LogP contribution in [-0.4, -0.2) is 12.7 Å². The summed E-state index contributed by atoms with van der Waals surface area (Å²) >= 11 is 0. The first-order chi connectivity index (χ1) is 5.47. The first kappa shape index (κ1) is 7.60. The van der Waals surface area contributed by atoms with Crippen LogP contribution in [0.15, 0.2) is 0 Å². The lowest BCUT2D eigenvalue weighted by atomic mass is 9.94. The Morgan fingerprint density at radius 1 is 0.818 bits per heavy atom. The van der Waals surface area contributed by atoms with Crippen molar-refractivity contribution in [1.29, 1.82) is 0 Å². The van der Waals surface area contributed by atoms with Gasteiger partial charge in [-0.3, -0.25) is 0 Å². The van der Waals surface area contributed by atoms with Gasteiger partial charge in [0, 0.05) is 6.61 Å². The standard InChI is InChI=1S/C10H18O/c1-2-6-9(5-1)10-7-3-4-8-11-10/h9-10H,1-8H2. The minimum absolute atomic E-state index is 0.645. The Labute approximate surface area is 69.1 Å². The van der Waals surface area contributed by atoms with E-state index < -0.39 is 0 Å². The van der Waals surface area contributed by atoms with Crippen LogP contribution < -0.4 is 0 Å². The van der Waals surface area contributed by atoms with Crippen LogP contribution >= 0.6 is 0 Å². The minimum Gasteiger partial charge on any atom is -0.378 e. The lowest BCUT2D eigenvalue weighted by Gasteiger charge is -2.27. The Balaban J connectivity index is 1.82. The van der Waals surface area contributed by atoms with Crippen molar-refractivity contribution in [2.45, 2.75) is 51.0 Å². The van der Waals surface area contributed by atoms with Crippen molar-refractivity contribution in [3.8, 4) is 0 Å². The van der Waals surface area contributed by atoms with Crippen molar-refractivity contribution in [2.24, 2.45) is 5.92 Å². The van der Waals surface area contributed by atoms with Gasteiger partial charge in [-0.25, -0.2) is 0 Å². The highest BCUT2D eigenvalue weighted by atomic mass is 16.5. The largest absolute Gasteiger partial charge is 0.378 e. The lowest BCUT2D eigenvalue weighted by molar-refractivity contribution is -0.0190. The van der Waals surface area contributed by atoms with Crippen LogP contribution in [0.3, 0.4) is 0 Å². The van der Waals surface area contributed by atoms with Crippen molar-refractivity contribution in [1.82, 2.24) is 0 Å². The number of hydrogen-bond acceptors (Lipinski definition) is 1. The van der Waals surface area contributed by atoms with E-state index in [9.17, 15) is 0 Å². The molecule has 0 N–H and O–H groups in total. The summed E-state index contributed by atoms with van der Waals surface area (Å²) in [4.78, 5) is 0. The fourth-order valence-electron chi connectivity index (χ4n) is 2.47. The fraction of sp³-hybridized carbons (Fsp3) is 1.00. The highest BCUT2D eigenvalue weighted by Gasteiger charge is 2.26. The molecule has 2 fully saturated rings. The zero-order valence-corrected chi connectivity index (χ0v) is 7.22. The van der Waals surface area contributed by atoms with Gasteiger partial charge in [0.25, 0.3) is 0 Å². The molecule has 1 heteroatoms. The Morgan fingerprint density at radius 3 is 2.18 bits per heavy atom. The summed E-state index contributed by atoms with van der Waals surface area (Å²) < 4.78 is 5.76. The molecule has 64 valence electrons. The minimum atomic E-state index is 0.645. The fourth-order valence-corrected chi connectivity index (χ4v) is 2.47. The quantitative estimate of drug-likeness (QED) is 0.564. The van der Waals surface area contributed by atoms with Crippen LogP contribution in [0.1, 0.15) is 44.9 Å². The predicted molar refractivity (Wildman–Crippen MR) is 45.5 cm³/mol. The first-order valence-corrected chi connectivity index (χ1v) is 5.08. The third-order valence-electron chi connectivity index (χ3n) is 3.14. The van der Waals surface area contributed by atoms with Crippen LogP contribution in [0.2, 0.25) is 0 Å². The van der Waals surface area contributed by atoms with Crippen molar-refractivity contribution < 1.29 is 4.74 Å². The second kappa shape index (κ2) is 3.57. The number of hydrogen-bond donors (Lipinski definition) is 0. The van der Waals surface area contributed by atoms with Crippen LogP contribution in [0.25, 0.3) is 0 Å². The van der Waals surface area contributed by atoms with Crippen LogP contribution in [0.4, 0.5) is 0 Å². The molecule has 2 rings (SSSR count). The lowest BCUT2D eigenvalue weighted by Crippen LogP contribution is -2.26. The smallest absolute Gasteiger partial charge is 0.0603 e. The second-order valence-electron chi connectivity index (χ2n) is 3.95. The van der Waals surface area contributed by atoms with Gasteiger partial charge < -0.3 is 4.74 Å². The Morgan fingerprint density at radius 2 is 1.55 bits per heavy atom. The average Bonchev–Trinajstić information content (AvgIpc) is 2.58. The maximum atomic E-state index is 5.76. The van der Waals surface area contributed by atoms with Crippen molar-refractivity contribution in [2.75, 3.05) is 6.61 Å². The monoisotopic (exact) mass is 154 g/mol. The maximum Gasteiger partial charge on any atom is 0.0603 e. The van der Waals surface area contributed by atoms with E-state index >= 15 is 0 Å². The molecule has 0 amide bonds. The van der Waals surface area contributed by atoms with Crippen LogP contribution in [0.5, 0.6) is 0 Å². The van der Waals surface area contributed by atoms with Crippen LogP contribution in [0, 0.1) is 5.92 Å². The average molecular weight is 154 g/mol. The molecule has 0 aromatic rings. The van der Waals surface area contributed by atoms with E-state index in [1.807, 2.05) is 0 Å². The highest BCUT2D eigenvalue weighted by molar-refractivity contribution is 4.77. The van der Waals surface area contributed by atoms with E-state index in [4.69, 9.17) is 4.74 Å². The highest BCUT2D eigenvalue weighted by Crippen LogP contribution is 2.32. The van der Waals surface area contributed by atoms with Crippen molar-refractivity contribution in [3.63, 3.8) is 0 Å². The summed E-state index contributed by atoms with van der Waals surface area (Å²) in [7, 11) is 0. The molecule has 2 aliphatic rings. The van der Waals surface area contributed by atoms with Crippen LogP contribution in [-0.2, 0) is 4.74 Å². The number of ether oxygens (including phenoxy) is 1. The molecule has 11 heavy (non-hydrogen) atoms. The van der Waals surface area contributed by atoms with Gasteiger partial charge in [-0.1, -0.05) is 12.8 Å². The van der Waals surface area contributed by atoms with Gasteiger partial charge in [-0.2, -0.15) is 0 Å². The molecule has 0 aromatic heterocycles. The van der Waals surface area contributed by atoms with Gasteiger partial charge >= 0.3 is 0 Å².